The Morgan fingerprint density at radius 3 is 2.50 bits per heavy atom. The van der Waals surface area contributed by atoms with Crippen LogP contribution in [0.5, 0.6) is 0 Å². The molecule has 0 fully saturated rings. The maximum Gasteiger partial charge on any atom is 0.226 e. The number of rotatable bonds is 6. The van der Waals surface area contributed by atoms with E-state index in [1.165, 1.54) is 17.7 Å². The predicted molar refractivity (Wildman–Crippen MR) is 120 cm³/mol. The molecule has 1 aromatic heterocycles. The van der Waals surface area contributed by atoms with E-state index < -0.39 is 0 Å². The molecule has 0 radical (unpaired) electrons. The SMILES string of the molecule is CN(C)C(=NCc1ccccc1)NCCc1coc(-c2ccc(F)cc2)n1.I. The van der Waals surface area contributed by atoms with Crippen molar-refractivity contribution in [3.05, 3.63) is 77.9 Å². The van der Waals surface area contributed by atoms with E-state index in [1.54, 1.807) is 18.4 Å². The van der Waals surface area contributed by atoms with Crippen LogP contribution in [0.25, 0.3) is 11.5 Å². The lowest BCUT2D eigenvalue weighted by Crippen LogP contribution is -2.37. The van der Waals surface area contributed by atoms with Crippen molar-refractivity contribution in [3.8, 4) is 11.5 Å². The lowest BCUT2D eigenvalue weighted by molar-refractivity contribution is 0.569. The number of halogens is 2. The number of aliphatic imine (C=N–C) groups is 1. The number of guanidine groups is 1. The van der Waals surface area contributed by atoms with Crippen LogP contribution < -0.4 is 5.32 Å². The number of hydrogen-bond donors (Lipinski definition) is 1. The molecule has 1 N–H and O–H groups in total. The van der Waals surface area contributed by atoms with Gasteiger partial charge < -0.3 is 14.6 Å². The summed E-state index contributed by atoms with van der Waals surface area (Å²) in [6, 6.07) is 16.2. The van der Waals surface area contributed by atoms with Crippen LogP contribution in [-0.2, 0) is 13.0 Å². The second-order valence-electron chi connectivity index (χ2n) is 6.35. The van der Waals surface area contributed by atoms with Crippen LogP contribution in [0, 0.1) is 5.82 Å². The normalized spacial score (nSPS) is 11.0. The molecule has 0 unspecified atom stereocenters. The standard InChI is InChI=1S/C21H23FN4O.HI/c1-26(2)21(24-14-16-6-4-3-5-7-16)23-13-12-19-15-27-20(25-19)17-8-10-18(22)11-9-17;/h3-11,15H,12-14H2,1-2H3,(H,23,24);1H. The van der Waals surface area contributed by atoms with E-state index in [4.69, 9.17) is 4.42 Å². The molecular weight excluding hydrogens is 470 g/mol. The molecule has 5 nitrogen and oxygen atoms in total. The highest BCUT2D eigenvalue weighted by molar-refractivity contribution is 14.0. The molecule has 0 aliphatic rings. The molecule has 2 aromatic carbocycles. The van der Waals surface area contributed by atoms with E-state index in [2.05, 4.69) is 27.4 Å². The van der Waals surface area contributed by atoms with Gasteiger partial charge in [-0.3, -0.25) is 0 Å². The molecule has 0 bridgehead atoms. The van der Waals surface area contributed by atoms with Crippen molar-refractivity contribution in [2.45, 2.75) is 13.0 Å². The fourth-order valence-electron chi connectivity index (χ4n) is 2.55. The maximum atomic E-state index is 13.0. The molecule has 0 atom stereocenters. The highest BCUT2D eigenvalue weighted by Crippen LogP contribution is 2.19. The monoisotopic (exact) mass is 494 g/mol. The van der Waals surface area contributed by atoms with Gasteiger partial charge in [0.15, 0.2) is 5.96 Å². The third-order valence-corrected chi connectivity index (χ3v) is 3.99. The van der Waals surface area contributed by atoms with Gasteiger partial charge in [-0.25, -0.2) is 14.4 Å². The van der Waals surface area contributed by atoms with Crippen LogP contribution in [0.4, 0.5) is 4.39 Å². The van der Waals surface area contributed by atoms with Crippen LogP contribution in [-0.4, -0.2) is 36.5 Å². The molecule has 0 saturated heterocycles. The van der Waals surface area contributed by atoms with Gasteiger partial charge in [-0.2, -0.15) is 0 Å². The lowest BCUT2D eigenvalue weighted by atomic mass is 10.2. The van der Waals surface area contributed by atoms with E-state index in [9.17, 15) is 4.39 Å². The second kappa shape index (κ2) is 10.8. The lowest BCUT2D eigenvalue weighted by Gasteiger charge is -2.17. The van der Waals surface area contributed by atoms with Crippen molar-refractivity contribution in [2.75, 3.05) is 20.6 Å². The molecular formula is C21H24FIN4O. The highest BCUT2D eigenvalue weighted by atomic mass is 127. The van der Waals surface area contributed by atoms with Crippen LogP contribution in [0.15, 0.2) is 70.3 Å². The first-order valence-corrected chi connectivity index (χ1v) is 8.82. The van der Waals surface area contributed by atoms with Gasteiger partial charge in [0.2, 0.25) is 5.89 Å². The first-order valence-electron chi connectivity index (χ1n) is 8.82. The minimum absolute atomic E-state index is 0. The van der Waals surface area contributed by atoms with Crippen molar-refractivity contribution in [2.24, 2.45) is 4.99 Å². The van der Waals surface area contributed by atoms with Gasteiger partial charge in [-0.15, -0.1) is 24.0 Å². The van der Waals surface area contributed by atoms with Gasteiger partial charge in [0.25, 0.3) is 0 Å². The fourth-order valence-corrected chi connectivity index (χ4v) is 2.55. The zero-order chi connectivity index (χ0) is 19.1. The Balaban J connectivity index is 0.00000280. The van der Waals surface area contributed by atoms with E-state index >= 15 is 0 Å². The van der Waals surface area contributed by atoms with Gasteiger partial charge in [0.1, 0.15) is 12.1 Å². The summed E-state index contributed by atoms with van der Waals surface area (Å²) in [5.41, 5.74) is 2.76. The fraction of sp³-hybridized carbons (Fsp3) is 0.238. The Hall–Kier alpha value is -2.42. The Morgan fingerprint density at radius 2 is 1.82 bits per heavy atom. The van der Waals surface area contributed by atoms with Gasteiger partial charge in [-0.1, -0.05) is 30.3 Å². The number of nitrogens with zero attached hydrogens (tertiary/aromatic N) is 3. The molecule has 0 saturated carbocycles. The Morgan fingerprint density at radius 1 is 1.11 bits per heavy atom. The summed E-state index contributed by atoms with van der Waals surface area (Å²) in [6.45, 7) is 1.31. The van der Waals surface area contributed by atoms with Crippen molar-refractivity contribution >= 4 is 29.9 Å². The van der Waals surface area contributed by atoms with Gasteiger partial charge >= 0.3 is 0 Å². The Labute approximate surface area is 181 Å². The summed E-state index contributed by atoms with van der Waals surface area (Å²) in [5, 5.41) is 3.34. The quantitative estimate of drug-likeness (QED) is 0.315. The smallest absolute Gasteiger partial charge is 0.226 e. The third kappa shape index (κ3) is 6.33. The maximum absolute atomic E-state index is 13.0. The molecule has 148 valence electrons. The topological polar surface area (TPSA) is 53.7 Å². The van der Waals surface area contributed by atoms with Crippen molar-refractivity contribution in [1.29, 1.82) is 0 Å². The largest absolute Gasteiger partial charge is 0.444 e. The highest BCUT2D eigenvalue weighted by Gasteiger charge is 2.08. The van der Waals surface area contributed by atoms with E-state index in [-0.39, 0.29) is 29.8 Å². The first-order chi connectivity index (χ1) is 13.1. The minimum Gasteiger partial charge on any atom is -0.444 e. The summed E-state index contributed by atoms with van der Waals surface area (Å²) in [7, 11) is 3.92. The molecule has 0 spiro atoms. The molecule has 3 aromatic rings. The zero-order valence-electron chi connectivity index (χ0n) is 15.9. The molecule has 0 aliphatic heterocycles. The molecule has 0 aliphatic carbocycles. The summed E-state index contributed by atoms with van der Waals surface area (Å²) in [5.74, 6) is 1.04. The van der Waals surface area contributed by atoms with Crippen LogP contribution in [0.3, 0.4) is 0 Å². The van der Waals surface area contributed by atoms with Gasteiger partial charge in [-0.05, 0) is 29.8 Å². The number of oxazole rings is 1. The molecule has 1 heterocycles. The summed E-state index contributed by atoms with van der Waals surface area (Å²) in [4.78, 5) is 11.1. The minimum atomic E-state index is -0.277. The number of hydrogen-bond acceptors (Lipinski definition) is 3. The predicted octanol–water partition coefficient (Wildman–Crippen LogP) is 4.35. The summed E-state index contributed by atoms with van der Waals surface area (Å²) < 4.78 is 18.5. The number of aromatic nitrogens is 1. The average molecular weight is 494 g/mol. The zero-order valence-corrected chi connectivity index (χ0v) is 18.3. The van der Waals surface area contributed by atoms with Gasteiger partial charge in [0, 0.05) is 32.6 Å². The van der Waals surface area contributed by atoms with E-state index in [0.29, 0.717) is 25.4 Å². The summed E-state index contributed by atoms with van der Waals surface area (Å²) in [6.07, 6.45) is 2.33. The molecule has 3 rings (SSSR count). The van der Waals surface area contributed by atoms with E-state index in [1.807, 2.05) is 37.2 Å². The Bertz CT molecular complexity index is 879. The Kier molecular flexibility index (Phi) is 8.43. The number of nitrogens with one attached hydrogen (secondary N) is 1. The van der Waals surface area contributed by atoms with Crippen LogP contribution in [0.2, 0.25) is 0 Å². The second-order valence-corrected chi connectivity index (χ2v) is 6.35. The molecule has 28 heavy (non-hydrogen) atoms. The number of benzene rings is 2. The van der Waals surface area contributed by atoms with Crippen molar-refractivity contribution in [3.63, 3.8) is 0 Å². The van der Waals surface area contributed by atoms with Crippen LogP contribution >= 0.6 is 24.0 Å². The van der Waals surface area contributed by atoms with E-state index in [0.717, 1.165) is 17.2 Å². The van der Waals surface area contributed by atoms with Crippen LogP contribution in [0.1, 0.15) is 11.3 Å². The summed E-state index contributed by atoms with van der Waals surface area (Å²) >= 11 is 0. The average Bonchev–Trinajstić information content (AvgIpc) is 3.14. The van der Waals surface area contributed by atoms with Crippen molar-refractivity contribution in [1.82, 2.24) is 15.2 Å². The van der Waals surface area contributed by atoms with Gasteiger partial charge in [0.05, 0.1) is 12.2 Å². The molecule has 7 heteroatoms. The molecule has 0 amide bonds. The third-order valence-electron chi connectivity index (χ3n) is 3.99. The van der Waals surface area contributed by atoms with Crippen molar-refractivity contribution < 1.29 is 8.81 Å². The first kappa shape index (κ1) is 21.9.